The minimum atomic E-state index is -0.852. The van der Waals surface area contributed by atoms with Crippen molar-refractivity contribution in [2.45, 2.75) is 51.2 Å². The first-order valence-electron chi connectivity index (χ1n) is 14.6. The first-order valence-corrected chi connectivity index (χ1v) is 14.6. The van der Waals surface area contributed by atoms with Crippen molar-refractivity contribution in [2.75, 3.05) is 46.6 Å². The fourth-order valence-corrected chi connectivity index (χ4v) is 5.22. The molecule has 4 rings (SSSR count). The van der Waals surface area contributed by atoms with Crippen molar-refractivity contribution >= 4 is 11.7 Å². The van der Waals surface area contributed by atoms with E-state index in [9.17, 15) is 14.0 Å². The van der Waals surface area contributed by atoms with Gasteiger partial charge in [0, 0.05) is 19.0 Å². The molecule has 0 aromatic heterocycles. The maximum Gasteiger partial charge on any atom is 0.224 e. The molecule has 1 N–H and O–H groups in total. The summed E-state index contributed by atoms with van der Waals surface area (Å²) in [6, 6.07) is 16.7. The van der Waals surface area contributed by atoms with Crippen LogP contribution in [-0.4, -0.2) is 74.8 Å². The zero-order valence-corrected chi connectivity index (χ0v) is 24.4. The van der Waals surface area contributed by atoms with Crippen molar-refractivity contribution in [2.24, 2.45) is 11.8 Å². The zero-order valence-electron chi connectivity index (χ0n) is 24.4. The molecule has 0 unspecified atom stereocenters. The van der Waals surface area contributed by atoms with Crippen LogP contribution in [0, 0.1) is 11.8 Å². The number of rotatable bonds is 15. The monoisotopic (exact) mass is 566 g/mol. The molecule has 41 heavy (non-hydrogen) atoms. The Balaban J connectivity index is 1.45. The number of ether oxygens (including phenoxy) is 3. The van der Waals surface area contributed by atoms with Gasteiger partial charge in [0.1, 0.15) is 17.2 Å². The van der Waals surface area contributed by atoms with Crippen LogP contribution in [0.1, 0.15) is 37.8 Å². The third kappa shape index (κ3) is 9.48. The topological polar surface area (TPSA) is 80.4 Å². The summed E-state index contributed by atoms with van der Waals surface area (Å²) >= 11 is 0. The second kappa shape index (κ2) is 14.7. The molecule has 0 spiro atoms. The fourth-order valence-electron chi connectivity index (χ4n) is 5.22. The van der Waals surface area contributed by atoms with Crippen molar-refractivity contribution in [3.05, 3.63) is 77.6 Å². The van der Waals surface area contributed by atoms with E-state index in [4.69, 9.17) is 14.2 Å². The first kappa shape index (κ1) is 30.9. The van der Waals surface area contributed by atoms with Gasteiger partial charge >= 0.3 is 0 Å². The number of nitrogens with one attached hydrogen (secondary N) is 1. The van der Waals surface area contributed by atoms with E-state index in [0.29, 0.717) is 45.5 Å². The zero-order chi connectivity index (χ0) is 29.2. The van der Waals surface area contributed by atoms with Gasteiger partial charge in [-0.15, -0.1) is 0 Å². The van der Waals surface area contributed by atoms with Gasteiger partial charge in [-0.1, -0.05) is 49.4 Å². The number of methoxy groups -OCH3 is 1. The van der Waals surface area contributed by atoms with E-state index in [1.165, 1.54) is 0 Å². The van der Waals surface area contributed by atoms with Crippen molar-refractivity contribution in [1.29, 1.82) is 0 Å². The molecule has 0 aliphatic carbocycles. The van der Waals surface area contributed by atoms with E-state index in [0.717, 1.165) is 30.0 Å². The van der Waals surface area contributed by atoms with Gasteiger partial charge in [0.2, 0.25) is 5.91 Å². The highest BCUT2D eigenvalue weighted by Gasteiger charge is 2.50. The van der Waals surface area contributed by atoms with E-state index in [1.54, 1.807) is 20.1 Å². The van der Waals surface area contributed by atoms with Crippen molar-refractivity contribution in [3.63, 3.8) is 0 Å². The predicted molar refractivity (Wildman–Crippen MR) is 156 cm³/mol. The number of halogens is 1. The number of Topliss-reactive ketones (excluding diaryl/α,β-unsaturated/α-hetero) is 1. The number of carbonyl (C=O) groups is 2. The second-order valence-electron chi connectivity index (χ2n) is 11.4. The van der Waals surface area contributed by atoms with E-state index < -0.39 is 11.6 Å². The Bertz CT molecular complexity index is 1160. The van der Waals surface area contributed by atoms with Gasteiger partial charge in [0.15, 0.2) is 5.78 Å². The van der Waals surface area contributed by atoms with E-state index in [1.807, 2.05) is 61.5 Å². The van der Waals surface area contributed by atoms with E-state index in [2.05, 4.69) is 10.2 Å². The minimum Gasteiger partial charge on any atom is -0.497 e. The van der Waals surface area contributed by atoms with Crippen molar-refractivity contribution < 1.29 is 28.2 Å². The Morgan fingerprint density at radius 1 is 1.05 bits per heavy atom. The number of amides is 1. The lowest BCUT2D eigenvalue weighted by atomic mass is 9.89. The van der Waals surface area contributed by atoms with Crippen LogP contribution in [0.4, 0.5) is 4.39 Å². The van der Waals surface area contributed by atoms with Crippen LogP contribution in [0.15, 0.2) is 66.5 Å². The molecule has 0 radical (unpaired) electrons. The molecule has 222 valence electrons. The number of nitrogens with zero attached hydrogens (tertiary/aromatic N) is 1. The standard InChI is InChI=1S/C33H43FN2O5/c1-24(19-28(34)22-36-15-17-40-18-16-36)9-12-27(20-26-10-13-29(39-3)14-11-26)32(38)35-30(31(37)33(2)23-41-33)21-25-7-5-4-6-8-25/h4-8,10-11,13-14,19,24,27,30H,9,12,15-18,20-23H2,1-3H3,(H,35,38)/b28-19-/t24-,27-,30-,33-/m0/s1. The number of hydrogen-bond donors (Lipinski definition) is 1. The summed E-state index contributed by atoms with van der Waals surface area (Å²) < 4.78 is 30.8. The maximum absolute atomic E-state index is 14.8. The molecule has 4 atom stereocenters. The van der Waals surface area contributed by atoms with Crippen LogP contribution in [0.25, 0.3) is 0 Å². The van der Waals surface area contributed by atoms with Crippen LogP contribution in [0.3, 0.4) is 0 Å². The summed E-state index contributed by atoms with van der Waals surface area (Å²) in [5.41, 5.74) is 1.11. The van der Waals surface area contributed by atoms with E-state index in [-0.39, 0.29) is 35.9 Å². The highest BCUT2D eigenvalue weighted by Crippen LogP contribution is 2.29. The average molecular weight is 567 g/mol. The molecule has 0 bridgehead atoms. The number of ketones is 1. The van der Waals surface area contributed by atoms with Gasteiger partial charge in [0.05, 0.1) is 39.5 Å². The number of benzene rings is 2. The Kier molecular flexibility index (Phi) is 11.1. The third-order valence-corrected chi connectivity index (χ3v) is 7.94. The van der Waals surface area contributed by atoms with Crippen molar-refractivity contribution in [1.82, 2.24) is 10.2 Å². The Morgan fingerprint density at radius 3 is 2.34 bits per heavy atom. The first-order chi connectivity index (χ1) is 19.8. The minimum absolute atomic E-state index is 0.0391. The van der Waals surface area contributed by atoms with Crippen LogP contribution in [-0.2, 0) is 31.9 Å². The summed E-state index contributed by atoms with van der Waals surface area (Å²) in [6.45, 7) is 7.12. The van der Waals surface area contributed by atoms with Crippen LogP contribution in [0.2, 0.25) is 0 Å². The molecule has 2 aromatic rings. The summed E-state index contributed by atoms with van der Waals surface area (Å²) in [5, 5.41) is 3.07. The number of morpholine rings is 1. The molecule has 2 saturated heterocycles. The number of allylic oxidation sites excluding steroid dienone is 1. The van der Waals surface area contributed by atoms with Gasteiger partial charge in [-0.05, 0) is 67.9 Å². The molecular weight excluding hydrogens is 523 g/mol. The predicted octanol–water partition coefficient (Wildman–Crippen LogP) is 4.54. The lowest BCUT2D eigenvalue weighted by molar-refractivity contribution is -0.132. The lowest BCUT2D eigenvalue weighted by Crippen LogP contribution is -2.49. The second-order valence-corrected chi connectivity index (χ2v) is 11.4. The largest absolute Gasteiger partial charge is 0.497 e. The lowest BCUT2D eigenvalue weighted by Gasteiger charge is -2.26. The Hall–Kier alpha value is -3.07. The summed E-state index contributed by atoms with van der Waals surface area (Å²) in [7, 11) is 1.62. The molecular formula is C33H43FN2O5. The molecule has 2 heterocycles. The number of hydrogen-bond acceptors (Lipinski definition) is 6. The molecule has 1 amide bonds. The number of epoxide rings is 1. The molecule has 2 aromatic carbocycles. The SMILES string of the molecule is COc1ccc(C[C@H](CC[C@H](C)/C=C(\F)CN2CCOCC2)C(=O)N[C@@H](Cc2ccccc2)C(=O)[C@]2(C)CO2)cc1. The fraction of sp³-hybridized carbons (Fsp3) is 0.515. The summed E-state index contributed by atoms with van der Waals surface area (Å²) in [5.74, 6) is -0.121. The van der Waals surface area contributed by atoms with Crippen LogP contribution < -0.4 is 10.1 Å². The maximum atomic E-state index is 14.8. The van der Waals surface area contributed by atoms with Gasteiger partial charge in [-0.2, -0.15) is 0 Å². The quantitative estimate of drug-likeness (QED) is 0.319. The number of carbonyl (C=O) groups excluding carboxylic acids is 2. The highest BCUT2D eigenvalue weighted by molar-refractivity contribution is 5.97. The molecule has 2 fully saturated rings. The molecule has 7 nitrogen and oxygen atoms in total. The van der Waals surface area contributed by atoms with Gasteiger partial charge in [-0.25, -0.2) is 4.39 Å². The average Bonchev–Trinajstić information content (AvgIpc) is 3.74. The van der Waals surface area contributed by atoms with Crippen LogP contribution >= 0.6 is 0 Å². The van der Waals surface area contributed by atoms with Crippen LogP contribution in [0.5, 0.6) is 5.75 Å². The summed E-state index contributed by atoms with van der Waals surface area (Å²) in [6.07, 6.45) is 3.77. The summed E-state index contributed by atoms with van der Waals surface area (Å²) in [4.78, 5) is 29.2. The molecule has 0 saturated carbocycles. The van der Waals surface area contributed by atoms with Gasteiger partial charge < -0.3 is 19.5 Å². The molecule has 2 aliphatic heterocycles. The normalized spacial score (nSPS) is 21.5. The highest BCUT2D eigenvalue weighted by atomic mass is 19.1. The van der Waals surface area contributed by atoms with Gasteiger partial charge in [0.25, 0.3) is 0 Å². The smallest absolute Gasteiger partial charge is 0.224 e. The van der Waals surface area contributed by atoms with Crippen molar-refractivity contribution in [3.8, 4) is 5.75 Å². The van der Waals surface area contributed by atoms with Gasteiger partial charge in [-0.3, -0.25) is 14.5 Å². The van der Waals surface area contributed by atoms with E-state index >= 15 is 0 Å². The molecule has 8 heteroatoms. The Labute approximate surface area is 243 Å². The third-order valence-electron chi connectivity index (χ3n) is 7.94. The Morgan fingerprint density at radius 2 is 1.71 bits per heavy atom. The molecule has 2 aliphatic rings.